The summed E-state index contributed by atoms with van der Waals surface area (Å²) >= 11 is 0. The summed E-state index contributed by atoms with van der Waals surface area (Å²) in [6.07, 6.45) is 0. The van der Waals surface area contributed by atoms with Gasteiger partial charge in [0.15, 0.2) is 17.3 Å². The van der Waals surface area contributed by atoms with E-state index in [1.807, 2.05) is 0 Å². The van der Waals surface area contributed by atoms with Crippen molar-refractivity contribution in [2.24, 2.45) is 0 Å². The molecule has 0 radical (unpaired) electrons. The van der Waals surface area contributed by atoms with Crippen molar-refractivity contribution in [3.05, 3.63) is 30.0 Å². The van der Waals surface area contributed by atoms with E-state index in [4.69, 9.17) is 14.0 Å². The minimum Gasteiger partial charge on any atom is -0.493 e. The Bertz CT molecular complexity index is 862. The molecule has 1 aromatic heterocycles. The maximum Gasteiger partial charge on any atom is 0.243 e. The van der Waals surface area contributed by atoms with E-state index < -0.39 is 22.0 Å². The molecule has 0 aliphatic carbocycles. The molecule has 0 bridgehead atoms. The zero-order chi connectivity index (χ0) is 18.6. The number of nitrogens with one attached hydrogen (secondary N) is 2. The molecule has 0 saturated carbocycles. The van der Waals surface area contributed by atoms with E-state index in [0.717, 1.165) is 0 Å². The maximum absolute atomic E-state index is 12.4. The summed E-state index contributed by atoms with van der Waals surface area (Å²) in [6.45, 7) is 3.09. The second-order valence-corrected chi connectivity index (χ2v) is 6.89. The normalized spacial score (nSPS) is 12.5. The van der Waals surface area contributed by atoms with Crippen molar-refractivity contribution in [2.75, 3.05) is 19.5 Å². The van der Waals surface area contributed by atoms with Gasteiger partial charge in [-0.1, -0.05) is 5.16 Å². The first-order chi connectivity index (χ1) is 11.8. The molecule has 0 aliphatic heterocycles. The number of anilines is 1. The molecule has 1 heterocycles. The van der Waals surface area contributed by atoms with Gasteiger partial charge in [-0.2, -0.15) is 4.72 Å². The number of amides is 1. The summed E-state index contributed by atoms with van der Waals surface area (Å²) in [5.74, 6) is 0.820. The molecule has 1 aromatic carbocycles. The third kappa shape index (κ3) is 4.48. The number of aromatic nitrogens is 1. The topological polar surface area (TPSA) is 120 Å². The number of sulfonamides is 1. The number of rotatable bonds is 7. The average molecular weight is 369 g/mol. The lowest BCUT2D eigenvalue weighted by molar-refractivity contribution is -0.117. The van der Waals surface area contributed by atoms with E-state index >= 15 is 0 Å². The molecule has 9 nitrogen and oxygen atoms in total. The number of aryl methyl sites for hydroxylation is 1. The highest BCUT2D eigenvalue weighted by atomic mass is 32.2. The number of ether oxygens (including phenoxy) is 2. The van der Waals surface area contributed by atoms with Crippen molar-refractivity contribution >= 4 is 21.7 Å². The Kier molecular flexibility index (Phi) is 5.65. The second kappa shape index (κ2) is 7.53. The van der Waals surface area contributed by atoms with Crippen molar-refractivity contribution in [1.82, 2.24) is 9.88 Å². The van der Waals surface area contributed by atoms with Gasteiger partial charge in [0.25, 0.3) is 0 Å². The van der Waals surface area contributed by atoms with Crippen LogP contribution in [-0.2, 0) is 14.8 Å². The second-order valence-electron chi connectivity index (χ2n) is 5.17. The number of benzene rings is 1. The minimum atomic E-state index is -3.94. The summed E-state index contributed by atoms with van der Waals surface area (Å²) < 4.78 is 42.2. The summed E-state index contributed by atoms with van der Waals surface area (Å²) in [5.41, 5.74) is 0. The first-order valence-electron chi connectivity index (χ1n) is 7.25. The van der Waals surface area contributed by atoms with Crippen LogP contribution >= 0.6 is 0 Å². The molecule has 0 fully saturated rings. The highest BCUT2D eigenvalue weighted by Gasteiger charge is 2.24. The number of carbonyl (C=O) groups is 1. The highest BCUT2D eigenvalue weighted by molar-refractivity contribution is 7.89. The lowest BCUT2D eigenvalue weighted by Crippen LogP contribution is -2.41. The third-order valence-corrected chi connectivity index (χ3v) is 4.81. The van der Waals surface area contributed by atoms with Crippen LogP contribution < -0.4 is 19.5 Å². The van der Waals surface area contributed by atoms with Gasteiger partial charge in [0.2, 0.25) is 15.9 Å². The Hall–Kier alpha value is -2.59. The predicted octanol–water partition coefficient (Wildman–Crippen LogP) is 1.31. The van der Waals surface area contributed by atoms with Crippen molar-refractivity contribution in [3.63, 3.8) is 0 Å². The van der Waals surface area contributed by atoms with E-state index in [2.05, 4.69) is 15.2 Å². The summed E-state index contributed by atoms with van der Waals surface area (Å²) in [5, 5.41) is 6.08. The lowest BCUT2D eigenvalue weighted by atomic mass is 10.3. The van der Waals surface area contributed by atoms with Crippen LogP contribution in [0.3, 0.4) is 0 Å². The Morgan fingerprint density at radius 1 is 1.20 bits per heavy atom. The van der Waals surface area contributed by atoms with Gasteiger partial charge in [-0.15, -0.1) is 0 Å². The molecule has 2 N–H and O–H groups in total. The van der Waals surface area contributed by atoms with E-state index in [1.165, 1.54) is 45.4 Å². The molecule has 2 aromatic rings. The quantitative estimate of drug-likeness (QED) is 0.755. The van der Waals surface area contributed by atoms with E-state index in [1.54, 1.807) is 6.92 Å². The zero-order valence-corrected chi connectivity index (χ0v) is 15.0. The summed E-state index contributed by atoms with van der Waals surface area (Å²) in [7, 11) is -1.09. The van der Waals surface area contributed by atoms with Gasteiger partial charge in [0, 0.05) is 12.1 Å². The van der Waals surface area contributed by atoms with E-state index in [0.29, 0.717) is 11.5 Å². The van der Waals surface area contributed by atoms with Gasteiger partial charge in [-0.3, -0.25) is 4.79 Å². The predicted molar refractivity (Wildman–Crippen MR) is 89.2 cm³/mol. The minimum absolute atomic E-state index is 0.0536. The highest BCUT2D eigenvalue weighted by Crippen LogP contribution is 2.29. The SMILES string of the molecule is COc1ccc(S(=O)(=O)N[C@@H](C)C(=O)Nc2cc(C)on2)cc1OC. The number of nitrogens with zero attached hydrogens (tertiary/aromatic N) is 1. The fourth-order valence-corrected chi connectivity index (χ4v) is 3.22. The smallest absolute Gasteiger partial charge is 0.243 e. The van der Waals surface area contributed by atoms with Crippen molar-refractivity contribution in [1.29, 1.82) is 0 Å². The van der Waals surface area contributed by atoms with Crippen LogP contribution in [0.5, 0.6) is 11.5 Å². The van der Waals surface area contributed by atoms with E-state index in [-0.39, 0.29) is 16.5 Å². The Labute approximate surface area is 145 Å². The molecular formula is C15H19N3O6S. The van der Waals surface area contributed by atoms with Gasteiger partial charge in [0.1, 0.15) is 5.76 Å². The van der Waals surface area contributed by atoms with Crippen molar-refractivity contribution in [2.45, 2.75) is 24.8 Å². The van der Waals surface area contributed by atoms with Crippen LogP contribution in [-0.4, -0.2) is 39.7 Å². The monoisotopic (exact) mass is 369 g/mol. The van der Waals surface area contributed by atoms with Gasteiger partial charge in [-0.25, -0.2) is 8.42 Å². The largest absolute Gasteiger partial charge is 0.493 e. The fourth-order valence-electron chi connectivity index (χ4n) is 2.00. The Morgan fingerprint density at radius 2 is 1.88 bits per heavy atom. The van der Waals surface area contributed by atoms with Crippen LogP contribution in [0.25, 0.3) is 0 Å². The molecule has 2 rings (SSSR count). The molecule has 0 saturated heterocycles. The van der Waals surface area contributed by atoms with Crippen LogP contribution in [0.15, 0.2) is 33.7 Å². The number of hydrogen-bond donors (Lipinski definition) is 2. The van der Waals surface area contributed by atoms with E-state index in [9.17, 15) is 13.2 Å². The number of methoxy groups -OCH3 is 2. The standard InChI is InChI=1S/C15H19N3O6S/c1-9-7-14(17-24-9)16-15(19)10(2)18-25(20,21)11-5-6-12(22-3)13(8-11)23-4/h5-8,10,18H,1-4H3,(H,16,17,19)/t10-/m0/s1. The summed E-state index contributed by atoms with van der Waals surface area (Å²) in [6, 6.07) is 4.63. The number of carbonyl (C=O) groups excluding carboxylic acids is 1. The zero-order valence-electron chi connectivity index (χ0n) is 14.2. The van der Waals surface area contributed by atoms with Crippen molar-refractivity contribution in [3.8, 4) is 11.5 Å². The molecule has 136 valence electrons. The molecule has 25 heavy (non-hydrogen) atoms. The molecule has 1 amide bonds. The first-order valence-corrected chi connectivity index (χ1v) is 8.73. The maximum atomic E-state index is 12.4. The molecule has 0 spiro atoms. The Balaban J connectivity index is 2.13. The van der Waals surface area contributed by atoms with Gasteiger partial charge >= 0.3 is 0 Å². The molecule has 0 aliphatic rings. The van der Waals surface area contributed by atoms with Gasteiger partial charge in [0.05, 0.1) is 25.2 Å². The Morgan fingerprint density at radius 3 is 2.44 bits per heavy atom. The van der Waals surface area contributed by atoms with Crippen molar-refractivity contribution < 1.29 is 27.2 Å². The van der Waals surface area contributed by atoms with Crippen LogP contribution in [0.4, 0.5) is 5.82 Å². The van der Waals surface area contributed by atoms with Gasteiger partial charge in [-0.05, 0) is 26.0 Å². The van der Waals surface area contributed by atoms with Crippen LogP contribution in [0.2, 0.25) is 0 Å². The molecule has 1 atom stereocenters. The van der Waals surface area contributed by atoms with Crippen LogP contribution in [0, 0.1) is 6.92 Å². The average Bonchev–Trinajstić information content (AvgIpc) is 2.98. The first kappa shape index (κ1) is 18.7. The lowest BCUT2D eigenvalue weighted by Gasteiger charge is -2.14. The molecule has 10 heteroatoms. The van der Waals surface area contributed by atoms with Gasteiger partial charge < -0.3 is 19.3 Å². The summed E-state index contributed by atoms with van der Waals surface area (Å²) in [4.78, 5) is 12.0. The molecular weight excluding hydrogens is 350 g/mol. The third-order valence-electron chi connectivity index (χ3n) is 3.27. The van der Waals surface area contributed by atoms with Crippen LogP contribution in [0.1, 0.15) is 12.7 Å². The molecule has 0 unspecified atom stereocenters. The number of hydrogen-bond acceptors (Lipinski definition) is 7. The fraction of sp³-hybridized carbons (Fsp3) is 0.333.